The van der Waals surface area contributed by atoms with Crippen molar-refractivity contribution in [2.75, 3.05) is 18.0 Å². The monoisotopic (exact) mass is 261 g/mol. The number of nitrogens with zero attached hydrogens (tertiary/aromatic N) is 1. The van der Waals surface area contributed by atoms with E-state index in [4.69, 9.17) is 11.6 Å². The Kier molecular flexibility index (Phi) is 5.18. The van der Waals surface area contributed by atoms with Crippen molar-refractivity contribution in [3.05, 3.63) is 29.0 Å². The molecule has 17 heavy (non-hydrogen) atoms. The number of aliphatic hydroxyl groups is 2. The molecule has 0 aliphatic heterocycles. The summed E-state index contributed by atoms with van der Waals surface area (Å²) in [5, 5.41) is 18.8. The van der Waals surface area contributed by atoms with Crippen molar-refractivity contribution in [1.82, 2.24) is 0 Å². The zero-order valence-electron chi connectivity index (χ0n) is 9.90. The third-order valence-corrected chi connectivity index (χ3v) is 2.53. The van der Waals surface area contributed by atoms with Crippen molar-refractivity contribution in [2.45, 2.75) is 26.1 Å². The van der Waals surface area contributed by atoms with Gasteiger partial charge in [0.25, 0.3) is 0 Å². The van der Waals surface area contributed by atoms with Crippen LogP contribution in [0.1, 0.15) is 13.8 Å². The Balaban J connectivity index is 2.91. The molecule has 2 N–H and O–H groups in total. The van der Waals surface area contributed by atoms with Crippen molar-refractivity contribution in [3.8, 4) is 0 Å². The molecule has 0 aromatic heterocycles. The average molecular weight is 262 g/mol. The largest absolute Gasteiger partial charge is 0.392 e. The van der Waals surface area contributed by atoms with Gasteiger partial charge in [-0.25, -0.2) is 4.39 Å². The second kappa shape index (κ2) is 6.19. The summed E-state index contributed by atoms with van der Waals surface area (Å²) in [4.78, 5) is 1.76. The minimum Gasteiger partial charge on any atom is -0.392 e. The molecule has 0 spiro atoms. The van der Waals surface area contributed by atoms with Gasteiger partial charge in [-0.1, -0.05) is 11.6 Å². The van der Waals surface area contributed by atoms with Crippen LogP contribution in [0, 0.1) is 5.82 Å². The highest BCUT2D eigenvalue weighted by atomic mass is 35.5. The van der Waals surface area contributed by atoms with Crippen LogP contribution in [0.25, 0.3) is 0 Å². The maximum absolute atomic E-state index is 13.0. The quantitative estimate of drug-likeness (QED) is 0.853. The van der Waals surface area contributed by atoms with Gasteiger partial charge in [-0.05, 0) is 32.0 Å². The van der Waals surface area contributed by atoms with E-state index in [0.29, 0.717) is 18.8 Å². The highest BCUT2D eigenvalue weighted by Crippen LogP contribution is 2.23. The van der Waals surface area contributed by atoms with Crippen LogP contribution in [0.4, 0.5) is 10.1 Å². The van der Waals surface area contributed by atoms with E-state index in [1.54, 1.807) is 24.8 Å². The molecule has 1 aromatic carbocycles. The third-order valence-electron chi connectivity index (χ3n) is 2.24. The van der Waals surface area contributed by atoms with Crippen molar-refractivity contribution < 1.29 is 14.6 Å². The smallest absolute Gasteiger partial charge is 0.141 e. The van der Waals surface area contributed by atoms with Crippen LogP contribution in [0.3, 0.4) is 0 Å². The van der Waals surface area contributed by atoms with Crippen LogP contribution in [0.5, 0.6) is 0 Å². The van der Waals surface area contributed by atoms with E-state index >= 15 is 0 Å². The number of hydrogen-bond donors (Lipinski definition) is 2. The second-order valence-corrected chi connectivity index (χ2v) is 4.61. The van der Waals surface area contributed by atoms with E-state index in [1.165, 1.54) is 12.1 Å². The molecule has 0 bridgehead atoms. The lowest BCUT2D eigenvalue weighted by molar-refractivity contribution is 0.178. The molecular weight excluding hydrogens is 245 g/mol. The maximum Gasteiger partial charge on any atom is 0.141 e. The summed E-state index contributed by atoms with van der Waals surface area (Å²) in [5.74, 6) is -0.482. The van der Waals surface area contributed by atoms with Gasteiger partial charge in [0, 0.05) is 18.8 Å². The topological polar surface area (TPSA) is 43.7 Å². The molecule has 3 nitrogen and oxygen atoms in total. The van der Waals surface area contributed by atoms with E-state index in [1.807, 2.05) is 0 Å². The Bertz CT molecular complexity index is 362. The first-order chi connectivity index (χ1) is 7.90. The normalized spacial score (nSPS) is 14.5. The number of rotatable bonds is 5. The molecular formula is C12H17ClFNO2. The van der Waals surface area contributed by atoms with E-state index in [9.17, 15) is 14.6 Å². The first kappa shape index (κ1) is 14.2. The van der Waals surface area contributed by atoms with Crippen LogP contribution in [0.2, 0.25) is 5.02 Å². The van der Waals surface area contributed by atoms with Crippen LogP contribution >= 0.6 is 11.6 Å². The predicted molar refractivity (Wildman–Crippen MR) is 67.0 cm³/mol. The summed E-state index contributed by atoms with van der Waals surface area (Å²) in [7, 11) is 0. The number of anilines is 1. The number of benzene rings is 1. The van der Waals surface area contributed by atoms with Gasteiger partial charge in [0.05, 0.1) is 17.2 Å². The summed E-state index contributed by atoms with van der Waals surface area (Å²) in [5.41, 5.74) is 0.679. The molecule has 1 rings (SSSR count). The fraction of sp³-hybridized carbons (Fsp3) is 0.500. The summed E-state index contributed by atoms with van der Waals surface area (Å²) >= 11 is 5.70. The average Bonchev–Trinajstić information content (AvgIpc) is 2.19. The molecule has 0 heterocycles. The maximum atomic E-state index is 13.0. The van der Waals surface area contributed by atoms with Gasteiger partial charge in [-0.15, -0.1) is 0 Å². The number of aliphatic hydroxyl groups excluding tert-OH is 2. The summed E-state index contributed by atoms with van der Waals surface area (Å²) in [6.07, 6.45) is -1.09. The predicted octanol–water partition coefficient (Wildman–Crippen LogP) is 2.05. The molecule has 2 atom stereocenters. The van der Waals surface area contributed by atoms with Gasteiger partial charge >= 0.3 is 0 Å². The molecule has 0 amide bonds. The standard InChI is InChI=1S/C12H17ClFNO2/c1-8(16)6-15(7-9(2)17)10-3-4-12(14)11(13)5-10/h3-5,8-9,16-17H,6-7H2,1-2H3. The highest BCUT2D eigenvalue weighted by Gasteiger charge is 2.13. The molecule has 0 aliphatic carbocycles. The molecule has 0 saturated carbocycles. The Hall–Kier alpha value is -0.840. The van der Waals surface area contributed by atoms with E-state index in [0.717, 1.165) is 0 Å². The molecule has 96 valence electrons. The van der Waals surface area contributed by atoms with Crippen LogP contribution in [0.15, 0.2) is 18.2 Å². The Labute approximate surface area is 105 Å². The SMILES string of the molecule is CC(O)CN(CC(C)O)c1ccc(F)c(Cl)c1. The summed E-state index contributed by atoms with van der Waals surface area (Å²) in [6, 6.07) is 4.34. The first-order valence-corrected chi connectivity index (χ1v) is 5.84. The lowest BCUT2D eigenvalue weighted by atomic mass is 10.2. The van der Waals surface area contributed by atoms with Crippen molar-refractivity contribution in [3.63, 3.8) is 0 Å². The number of hydrogen-bond acceptors (Lipinski definition) is 3. The Morgan fingerprint density at radius 2 is 1.76 bits per heavy atom. The van der Waals surface area contributed by atoms with E-state index in [-0.39, 0.29) is 5.02 Å². The highest BCUT2D eigenvalue weighted by molar-refractivity contribution is 6.31. The lowest BCUT2D eigenvalue weighted by Gasteiger charge is -2.27. The fourth-order valence-electron chi connectivity index (χ4n) is 1.60. The van der Waals surface area contributed by atoms with E-state index in [2.05, 4.69) is 0 Å². The molecule has 0 aliphatic rings. The van der Waals surface area contributed by atoms with Gasteiger partial charge in [0.15, 0.2) is 0 Å². The molecule has 1 aromatic rings. The van der Waals surface area contributed by atoms with Gasteiger partial charge in [-0.2, -0.15) is 0 Å². The van der Waals surface area contributed by atoms with Crippen molar-refractivity contribution >= 4 is 17.3 Å². The molecule has 0 fully saturated rings. The van der Waals surface area contributed by atoms with Gasteiger partial charge < -0.3 is 15.1 Å². The Morgan fingerprint density at radius 3 is 2.18 bits per heavy atom. The molecule has 0 radical (unpaired) electrons. The van der Waals surface area contributed by atoms with Gasteiger partial charge in [0.2, 0.25) is 0 Å². The zero-order valence-corrected chi connectivity index (χ0v) is 10.7. The van der Waals surface area contributed by atoms with E-state index < -0.39 is 18.0 Å². The molecule has 5 heteroatoms. The fourth-order valence-corrected chi connectivity index (χ4v) is 1.78. The van der Waals surface area contributed by atoms with Crippen molar-refractivity contribution in [2.24, 2.45) is 0 Å². The first-order valence-electron chi connectivity index (χ1n) is 5.46. The summed E-state index contributed by atoms with van der Waals surface area (Å²) < 4.78 is 13.0. The zero-order chi connectivity index (χ0) is 13.0. The molecule has 0 saturated heterocycles. The molecule has 2 unspecified atom stereocenters. The van der Waals surface area contributed by atoms with Crippen molar-refractivity contribution in [1.29, 1.82) is 0 Å². The van der Waals surface area contributed by atoms with Crippen LogP contribution < -0.4 is 4.90 Å². The van der Waals surface area contributed by atoms with Gasteiger partial charge in [-0.3, -0.25) is 0 Å². The van der Waals surface area contributed by atoms with Crippen LogP contribution in [-0.4, -0.2) is 35.5 Å². The van der Waals surface area contributed by atoms with Crippen LogP contribution in [-0.2, 0) is 0 Å². The minimum atomic E-state index is -0.544. The minimum absolute atomic E-state index is 0.0312. The Morgan fingerprint density at radius 1 is 1.24 bits per heavy atom. The third kappa shape index (κ3) is 4.50. The second-order valence-electron chi connectivity index (χ2n) is 4.20. The summed E-state index contributed by atoms with van der Waals surface area (Å²) in [6.45, 7) is 4.01. The van der Waals surface area contributed by atoms with Gasteiger partial charge in [0.1, 0.15) is 5.82 Å². The number of halogens is 2. The lowest BCUT2D eigenvalue weighted by Crippen LogP contribution is -2.36.